The number of methoxy groups -OCH3 is 1. The SMILES string of the molecule is CO[C@H]1CNCC[C@H]1Cc1ccncc1. The lowest BCUT2D eigenvalue weighted by Crippen LogP contribution is -2.42. The summed E-state index contributed by atoms with van der Waals surface area (Å²) in [6, 6.07) is 4.18. The molecule has 0 aliphatic carbocycles. The van der Waals surface area contributed by atoms with E-state index < -0.39 is 0 Å². The first kappa shape index (κ1) is 10.6. The fourth-order valence-electron chi connectivity index (χ4n) is 2.22. The van der Waals surface area contributed by atoms with Crippen LogP contribution in [0.4, 0.5) is 0 Å². The van der Waals surface area contributed by atoms with Crippen LogP contribution >= 0.6 is 0 Å². The van der Waals surface area contributed by atoms with E-state index in [1.165, 1.54) is 12.0 Å². The Morgan fingerprint density at radius 1 is 1.47 bits per heavy atom. The summed E-state index contributed by atoms with van der Waals surface area (Å²) in [7, 11) is 1.80. The van der Waals surface area contributed by atoms with Gasteiger partial charge in [0.2, 0.25) is 0 Å². The zero-order valence-electron chi connectivity index (χ0n) is 9.15. The molecule has 2 rings (SSSR count). The lowest BCUT2D eigenvalue weighted by atomic mass is 9.89. The molecular formula is C12H18N2O. The molecular weight excluding hydrogens is 188 g/mol. The maximum Gasteiger partial charge on any atom is 0.0727 e. The Kier molecular flexibility index (Phi) is 3.69. The summed E-state index contributed by atoms with van der Waals surface area (Å²) in [4.78, 5) is 4.03. The zero-order valence-corrected chi connectivity index (χ0v) is 9.15. The number of rotatable bonds is 3. The third kappa shape index (κ3) is 2.76. The van der Waals surface area contributed by atoms with Gasteiger partial charge in [-0.2, -0.15) is 0 Å². The quantitative estimate of drug-likeness (QED) is 0.808. The van der Waals surface area contributed by atoms with E-state index in [0.717, 1.165) is 19.5 Å². The van der Waals surface area contributed by atoms with Crippen molar-refractivity contribution in [2.45, 2.75) is 18.9 Å². The van der Waals surface area contributed by atoms with Gasteiger partial charge in [-0.05, 0) is 43.0 Å². The van der Waals surface area contributed by atoms with E-state index >= 15 is 0 Å². The average molecular weight is 206 g/mol. The van der Waals surface area contributed by atoms with Gasteiger partial charge in [-0.25, -0.2) is 0 Å². The molecule has 1 fully saturated rings. The molecule has 3 nitrogen and oxygen atoms in total. The van der Waals surface area contributed by atoms with Crippen LogP contribution < -0.4 is 5.32 Å². The first-order valence-electron chi connectivity index (χ1n) is 5.52. The summed E-state index contributed by atoms with van der Waals surface area (Å²) in [6.45, 7) is 2.09. The lowest BCUT2D eigenvalue weighted by molar-refractivity contribution is 0.0341. The first-order chi connectivity index (χ1) is 7.40. The van der Waals surface area contributed by atoms with Crippen molar-refractivity contribution in [2.75, 3.05) is 20.2 Å². The molecule has 0 spiro atoms. The minimum absolute atomic E-state index is 0.354. The molecule has 0 radical (unpaired) electrons. The Morgan fingerprint density at radius 2 is 2.27 bits per heavy atom. The van der Waals surface area contributed by atoms with E-state index in [4.69, 9.17) is 4.74 Å². The molecule has 2 heterocycles. The van der Waals surface area contributed by atoms with Crippen molar-refractivity contribution in [3.8, 4) is 0 Å². The van der Waals surface area contributed by atoms with Gasteiger partial charge in [-0.15, -0.1) is 0 Å². The minimum Gasteiger partial charge on any atom is -0.380 e. The summed E-state index contributed by atoms with van der Waals surface area (Å²) >= 11 is 0. The molecule has 0 unspecified atom stereocenters. The molecule has 15 heavy (non-hydrogen) atoms. The second-order valence-electron chi connectivity index (χ2n) is 4.09. The standard InChI is InChI=1S/C12H18N2O/c1-15-12-9-14-7-4-11(12)8-10-2-5-13-6-3-10/h2-3,5-6,11-12,14H,4,7-9H2,1H3/t11-,12-/m0/s1. The van der Waals surface area contributed by atoms with Gasteiger partial charge >= 0.3 is 0 Å². The van der Waals surface area contributed by atoms with Gasteiger partial charge in [-0.3, -0.25) is 4.98 Å². The molecule has 0 amide bonds. The Balaban J connectivity index is 1.97. The zero-order chi connectivity index (χ0) is 10.5. The number of aromatic nitrogens is 1. The van der Waals surface area contributed by atoms with Gasteiger partial charge in [0.05, 0.1) is 6.10 Å². The van der Waals surface area contributed by atoms with Crippen LogP contribution in [0.1, 0.15) is 12.0 Å². The van der Waals surface area contributed by atoms with Crippen molar-refractivity contribution in [1.82, 2.24) is 10.3 Å². The van der Waals surface area contributed by atoms with Crippen molar-refractivity contribution in [2.24, 2.45) is 5.92 Å². The summed E-state index contributed by atoms with van der Waals surface area (Å²) in [6.07, 6.45) is 6.37. The van der Waals surface area contributed by atoms with Crippen molar-refractivity contribution in [3.05, 3.63) is 30.1 Å². The third-order valence-electron chi connectivity index (χ3n) is 3.11. The van der Waals surface area contributed by atoms with Crippen LogP contribution in [0.15, 0.2) is 24.5 Å². The highest BCUT2D eigenvalue weighted by Crippen LogP contribution is 2.20. The largest absolute Gasteiger partial charge is 0.380 e. The molecule has 1 aliphatic heterocycles. The smallest absolute Gasteiger partial charge is 0.0727 e. The number of piperidine rings is 1. The Morgan fingerprint density at radius 3 is 3.00 bits per heavy atom. The highest BCUT2D eigenvalue weighted by atomic mass is 16.5. The molecule has 2 atom stereocenters. The van der Waals surface area contributed by atoms with E-state index in [1.807, 2.05) is 12.4 Å². The summed E-state index contributed by atoms with van der Waals surface area (Å²) in [5.41, 5.74) is 1.36. The van der Waals surface area contributed by atoms with E-state index in [0.29, 0.717) is 12.0 Å². The van der Waals surface area contributed by atoms with Gasteiger partial charge in [-0.1, -0.05) is 0 Å². The molecule has 1 saturated heterocycles. The molecule has 1 N–H and O–H groups in total. The van der Waals surface area contributed by atoms with Crippen molar-refractivity contribution in [1.29, 1.82) is 0 Å². The average Bonchev–Trinajstić information content (AvgIpc) is 2.31. The maximum atomic E-state index is 5.50. The molecule has 3 heteroatoms. The van der Waals surface area contributed by atoms with Crippen LogP contribution in [0.3, 0.4) is 0 Å². The highest BCUT2D eigenvalue weighted by Gasteiger charge is 2.24. The summed E-state index contributed by atoms with van der Waals surface area (Å²) in [5, 5.41) is 3.36. The number of nitrogens with zero attached hydrogens (tertiary/aromatic N) is 1. The van der Waals surface area contributed by atoms with Crippen LogP contribution in [0.25, 0.3) is 0 Å². The normalized spacial score (nSPS) is 26.5. The molecule has 1 aromatic heterocycles. The van der Waals surface area contributed by atoms with Crippen molar-refractivity contribution in [3.63, 3.8) is 0 Å². The van der Waals surface area contributed by atoms with E-state index in [9.17, 15) is 0 Å². The maximum absolute atomic E-state index is 5.50. The summed E-state index contributed by atoms with van der Waals surface area (Å²) in [5.74, 6) is 0.638. The Bertz CT molecular complexity index is 289. The predicted molar refractivity (Wildman–Crippen MR) is 59.7 cm³/mol. The number of hydrogen-bond acceptors (Lipinski definition) is 3. The van der Waals surface area contributed by atoms with Gasteiger partial charge in [0, 0.05) is 26.0 Å². The van der Waals surface area contributed by atoms with Gasteiger partial charge in [0.1, 0.15) is 0 Å². The molecule has 1 aliphatic rings. The molecule has 82 valence electrons. The topological polar surface area (TPSA) is 34.1 Å². The molecule has 0 bridgehead atoms. The van der Waals surface area contributed by atoms with Gasteiger partial charge < -0.3 is 10.1 Å². The second-order valence-corrected chi connectivity index (χ2v) is 4.09. The van der Waals surface area contributed by atoms with Crippen LogP contribution in [-0.2, 0) is 11.2 Å². The van der Waals surface area contributed by atoms with Gasteiger partial charge in [0.15, 0.2) is 0 Å². The van der Waals surface area contributed by atoms with Crippen LogP contribution in [0.5, 0.6) is 0 Å². The second kappa shape index (κ2) is 5.24. The third-order valence-corrected chi connectivity index (χ3v) is 3.11. The fraction of sp³-hybridized carbons (Fsp3) is 0.583. The minimum atomic E-state index is 0.354. The number of pyridine rings is 1. The van der Waals surface area contributed by atoms with Crippen LogP contribution in [-0.4, -0.2) is 31.3 Å². The van der Waals surface area contributed by atoms with Crippen molar-refractivity contribution >= 4 is 0 Å². The fourth-order valence-corrected chi connectivity index (χ4v) is 2.22. The summed E-state index contributed by atoms with van der Waals surface area (Å²) < 4.78 is 5.50. The van der Waals surface area contributed by atoms with E-state index in [1.54, 1.807) is 7.11 Å². The van der Waals surface area contributed by atoms with Gasteiger partial charge in [0.25, 0.3) is 0 Å². The van der Waals surface area contributed by atoms with Crippen LogP contribution in [0.2, 0.25) is 0 Å². The van der Waals surface area contributed by atoms with Crippen molar-refractivity contribution < 1.29 is 4.74 Å². The number of nitrogens with one attached hydrogen (secondary N) is 1. The monoisotopic (exact) mass is 206 g/mol. The first-order valence-corrected chi connectivity index (χ1v) is 5.52. The predicted octanol–water partition coefficient (Wildman–Crippen LogP) is 1.25. The Hall–Kier alpha value is -0.930. The number of hydrogen-bond donors (Lipinski definition) is 1. The van der Waals surface area contributed by atoms with E-state index in [2.05, 4.69) is 22.4 Å². The highest BCUT2D eigenvalue weighted by molar-refractivity contribution is 5.11. The molecule has 0 aromatic carbocycles. The van der Waals surface area contributed by atoms with Crippen LogP contribution in [0, 0.1) is 5.92 Å². The van der Waals surface area contributed by atoms with E-state index in [-0.39, 0.29) is 0 Å². The Labute approximate surface area is 90.9 Å². The lowest BCUT2D eigenvalue weighted by Gasteiger charge is -2.31. The molecule has 0 saturated carbocycles. The molecule has 1 aromatic rings. The number of ether oxygens (including phenoxy) is 1.